The summed E-state index contributed by atoms with van der Waals surface area (Å²) in [5, 5.41) is 17.0. The van der Waals surface area contributed by atoms with E-state index in [1.54, 1.807) is 30.3 Å². The van der Waals surface area contributed by atoms with Crippen LogP contribution < -0.4 is 10.7 Å². The van der Waals surface area contributed by atoms with Gasteiger partial charge in [0.1, 0.15) is 0 Å². The number of alkyl halides is 3. The molecule has 1 amide bonds. The Balaban J connectivity index is 0.000000423. The number of hydrogen-bond donors (Lipinski definition) is 3. The van der Waals surface area contributed by atoms with Gasteiger partial charge in [0.25, 0.3) is 5.91 Å². The van der Waals surface area contributed by atoms with Crippen molar-refractivity contribution < 1.29 is 27.9 Å². The van der Waals surface area contributed by atoms with Crippen molar-refractivity contribution in [1.29, 1.82) is 0 Å². The second-order valence-corrected chi connectivity index (χ2v) is 6.70. The third-order valence-electron chi connectivity index (χ3n) is 4.28. The first kappa shape index (κ1) is 23.8. The van der Waals surface area contributed by atoms with Crippen molar-refractivity contribution in [1.82, 2.24) is 25.1 Å². The Morgan fingerprint density at radius 1 is 1.23 bits per heavy atom. The average molecular weight is 442 g/mol. The molecule has 0 spiro atoms. The van der Waals surface area contributed by atoms with E-state index in [1.165, 1.54) is 6.07 Å². The Bertz CT molecular complexity index is 951. The average Bonchev–Trinajstić information content (AvgIpc) is 2.94. The highest BCUT2D eigenvalue weighted by Gasteiger charge is 2.38. The van der Waals surface area contributed by atoms with E-state index >= 15 is 0 Å². The molecule has 1 saturated heterocycles. The zero-order chi connectivity index (χ0) is 23.0. The molecule has 0 bridgehead atoms. The van der Waals surface area contributed by atoms with Crippen molar-refractivity contribution in [2.24, 2.45) is 0 Å². The molecule has 3 heterocycles. The molecule has 0 radical (unpaired) electrons. The van der Waals surface area contributed by atoms with Gasteiger partial charge < -0.3 is 15.3 Å². The molecular weight excluding hydrogens is 421 g/mol. The standard InChI is InChI=1S/C16H20N6O2.C2HF3O2/c1-11-10-13(23)14(21-20-11)15(24)22-8-2-4-12(5-9-22)19-16-17-6-3-7-18-16;3-2(4,5)1(6)7/h3,6-7,10,12H,2,4-5,8-9H2,1H3,(H,20,23)(H,17,18,19);(H,6,7). The predicted octanol–water partition coefficient (Wildman–Crippen LogP) is 1.61. The number of carboxylic acids is 1. The summed E-state index contributed by atoms with van der Waals surface area (Å²) in [6, 6.07) is 3.37. The van der Waals surface area contributed by atoms with Gasteiger partial charge in [0.15, 0.2) is 5.69 Å². The Labute approximate surface area is 174 Å². The number of anilines is 1. The van der Waals surface area contributed by atoms with Crippen LogP contribution in [0.2, 0.25) is 0 Å². The lowest BCUT2D eigenvalue weighted by Gasteiger charge is -2.20. The number of aromatic nitrogens is 4. The minimum absolute atomic E-state index is 0.0431. The van der Waals surface area contributed by atoms with Crippen LogP contribution in [0.25, 0.3) is 0 Å². The number of aryl methyl sites for hydroxylation is 1. The van der Waals surface area contributed by atoms with Crippen LogP contribution in [-0.4, -0.2) is 67.4 Å². The Kier molecular flexibility index (Phi) is 8.05. The first-order valence-corrected chi connectivity index (χ1v) is 9.27. The first-order chi connectivity index (χ1) is 14.6. The normalized spacial score (nSPS) is 16.5. The zero-order valence-corrected chi connectivity index (χ0v) is 16.5. The molecule has 1 atom stereocenters. The number of H-pyrrole nitrogens is 1. The van der Waals surface area contributed by atoms with Crippen molar-refractivity contribution in [3.63, 3.8) is 0 Å². The molecule has 2 aromatic rings. The van der Waals surface area contributed by atoms with E-state index in [4.69, 9.17) is 9.90 Å². The van der Waals surface area contributed by atoms with Gasteiger partial charge in [-0.1, -0.05) is 0 Å². The van der Waals surface area contributed by atoms with Crippen molar-refractivity contribution in [3.05, 3.63) is 46.1 Å². The molecule has 2 aromatic heterocycles. The van der Waals surface area contributed by atoms with Crippen LogP contribution >= 0.6 is 0 Å². The van der Waals surface area contributed by atoms with Crippen LogP contribution in [0.3, 0.4) is 0 Å². The summed E-state index contributed by atoms with van der Waals surface area (Å²) in [7, 11) is 0. The zero-order valence-electron chi connectivity index (χ0n) is 16.5. The number of carbonyl (C=O) groups excluding carboxylic acids is 1. The molecule has 1 aliphatic rings. The fourth-order valence-electron chi connectivity index (χ4n) is 2.80. The molecule has 31 heavy (non-hydrogen) atoms. The van der Waals surface area contributed by atoms with Crippen LogP contribution in [0.1, 0.15) is 35.4 Å². The molecule has 1 unspecified atom stereocenters. The number of aromatic amines is 1. The second-order valence-electron chi connectivity index (χ2n) is 6.70. The van der Waals surface area contributed by atoms with Crippen molar-refractivity contribution in [2.75, 3.05) is 18.4 Å². The quantitative estimate of drug-likeness (QED) is 0.651. The highest BCUT2D eigenvalue weighted by Crippen LogP contribution is 2.15. The molecule has 3 N–H and O–H groups in total. The highest BCUT2D eigenvalue weighted by atomic mass is 19.4. The van der Waals surface area contributed by atoms with Gasteiger partial charge >= 0.3 is 12.1 Å². The van der Waals surface area contributed by atoms with Gasteiger partial charge in [0.2, 0.25) is 11.4 Å². The van der Waals surface area contributed by atoms with Crippen LogP contribution in [0.15, 0.2) is 29.3 Å². The van der Waals surface area contributed by atoms with E-state index in [0.717, 1.165) is 19.3 Å². The summed E-state index contributed by atoms with van der Waals surface area (Å²) in [5.41, 5.74) is 0.255. The lowest BCUT2D eigenvalue weighted by Crippen LogP contribution is -2.36. The number of carboxylic acid groups (broad SMARTS) is 1. The number of nitrogens with one attached hydrogen (secondary N) is 2. The molecule has 1 fully saturated rings. The van der Waals surface area contributed by atoms with Crippen molar-refractivity contribution >= 4 is 17.8 Å². The number of carbonyl (C=O) groups is 2. The highest BCUT2D eigenvalue weighted by molar-refractivity contribution is 5.92. The lowest BCUT2D eigenvalue weighted by molar-refractivity contribution is -0.192. The van der Waals surface area contributed by atoms with Gasteiger partial charge in [0.05, 0.1) is 0 Å². The fourth-order valence-corrected chi connectivity index (χ4v) is 2.80. The van der Waals surface area contributed by atoms with E-state index in [0.29, 0.717) is 24.7 Å². The predicted molar refractivity (Wildman–Crippen MR) is 102 cm³/mol. The molecule has 13 heteroatoms. The molecular formula is C18H21F3N6O4. The summed E-state index contributed by atoms with van der Waals surface area (Å²) in [5.74, 6) is -2.47. The van der Waals surface area contributed by atoms with E-state index in [2.05, 4.69) is 25.5 Å². The lowest BCUT2D eigenvalue weighted by atomic mass is 10.1. The molecule has 1 aliphatic heterocycles. The number of amides is 1. The summed E-state index contributed by atoms with van der Waals surface area (Å²) in [4.78, 5) is 43.4. The fraction of sp³-hybridized carbons (Fsp3) is 0.444. The molecule has 3 rings (SSSR count). The number of hydrogen-bond acceptors (Lipinski definition) is 7. The van der Waals surface area contributed by atoms with Gasteiger partial charge in [-0.25, -0.2) is 14.8 Å². The SMILES string of the molecule is Cc1cc(=O)c(C(=O)N2CCCC(Nc3ncccn3)CC2)n[nH]1.O=C(O)C(F)(F)F. The molecule has 0 aliphatic carbocycles. The van der Waals surface area contributed by atoms with Gasteiger partial charge in [0, 0.05) is 43.3 Å². The molecule has 168 valence electrons. The first-order valence-electron chi connectivity index (χ1n) is 9.27. The number of aliphatic carboxylic acids is 1. The summed E-state index contributed by atoms with van der Waals surface area (Å²) in [6.07, 6.45) is 0.835. The Hall–Kier alpha value is -3.51. The monoisotopic (exact) mass is 442 g/mol. The number of nitrogens with zero attached hydrogens (tertiary/aromatic N) is 4. The third kappa shape index (κ3) is 7.35. The summed E-state index contributed by atoms with van der Waals surface area (Å²) in [6.45, 7) is 2.91. The maximum atomic E-state index is 12.5. The van der Waals surface area contributed by atoms with Crippen LogP contribution in [0.4, 0.5) is 19.1 Å². The number of rotatable bonds is 3. The number of halogens is 3. The molecule has 0 saturated carbocycles. The van der Waals surface area contributed by atoms with Crippen molar-refractivity contribution in [3.8, 4) is 0 Å². The maximum Gasteiger partial charge on any atom is 0.490 e. The molecule has 0 aromatic carbocycles. The van der Waals surface area contributed by atoms with E-state index in [1.807, 2.05) is 0 Å². The topological polar surface area (TPSA) is 141 Å². The Morgan fingerprint density at radius 3 is 2.45 bits per heavy atom. The van der Waals surface area contributed by atoms with Gasteiger partial charge in [-0.3, -0.25) is 14.7 Å². The smallest absolute Gasteiger partial charge is 0.475 e. The summed E-state index contributed by atoms with van der Waals surface area (Å²) >= 11 is 0. The largest absolute Gasteiger partial charge is 0.490 e. The van der Waals surface area contributed by atoms with Crippen LogP contribution in [0, 0.1) is 6.92 Å². The van der Waals surface area contributed by atoms with Gasteiger partial charge in [-0.05, 0) is 32.3 Å². The van der Waals surface area contributed by atoms with E-state index in [-0.39, 0.29) is 23.1 Å². The molecule has 10 nitrogen and oxygen atoms in total. The van der Waals surface area contributed by atoms with E-state index in [9.17, 15) is 22.8 Å². The second kappa shape index (κ2) is 10.5. The maximum absolute atomic E-state index is 12.5. The van der Waals surface area contributed by atoms with E-state index < -0.39 is 12.1 Å². The van der Waals surface area contributed by atoms with Crippen molar-refractivity contribution in [2.45, 2.75) is 38.4 Å². The minimum Gasteiger partial charge on any atom is -0.475 e. The number of likely N-dealkylation sites (tertiary alicyclic amines) is 1. The third-order valence-corrected chi connectivity index (χ3v) is 4.28. The summed E-state index contributed by atoms with van der Waals surface area (Å²) < 4.78 is 31.7. The van der Waals surface area contributed by atoms with Crippen LogP contribution in [0.5, 0.6) is 0 Å². The van der Waals surface area contributed by atoms with Gasteiger partial charge in [-0.2, -0.15) is 18.3 Å². The minimum atomic E-state index is -5.08. The van der Waals surface area contributed by atoms with Crippen LogP contribution in [-0.2, 0) is 4.79 Å². The van der Waals surface area contributed by atoms with Gasteiger partial charge in [-0.15, -0.1) is 0 Å². The Morgan fingerprint density at radius 2 is 1.87 bits per heavy atom.